The number of aliphatic hydroxyl groups is 2. The number of ether oxygens (including phenoxy) is 2. The SMILES string of the molecule is CO[C@H]1O[C@@H](CO)[C@H](O)[C@@H](OS(=O)(=O)[O-])[C@@H]1OS(=O)(=O)[O-].[Na+].[Na+]. The molecule has 1 heterocycles. The third-order valence-electron chi connectivity index (χ3n) is 2.49. The Kier molecular flexibility index (Phi) is 12.4. The van der Waals surface area contributed by atoms with E-state index >= 15 is 0 Å². The second kappa shape index (κ2) is 10.7. The molecule has 0 aliphatic carbocycles. The van der Waals surface area contributed by atoms with E-state index in [0.717, 1.165) is 7.11 Å². The number of hydrogen-bond donors (Lipinski definition) is 2. The second-order valence-corrected chi connectivity index (χ2v) is 5.91. The predicted molar refractivity (Wildman–Crippen MR) is 57.9 cm³/mol. The van der Waals surface area contributed by atoms with Crippen LogP contribution in [-0.4, -0.2) is 80.6 Å². The van der Waals surface area contributed by atoms with Crippen molar-refractivity contribution in [3.05, 3.63) is 0 Å². The molecule has 126 valence electrons. The maximum atomic E-state index is 10.6. The van der Waals surface area contributed by atoms with Gasteiger partial charge in [0.15, 0.2) is 12.4 Å². The predicted octanol–water partition coefficient (Wildman–Crippen LogP) is -9.59. The zero-order chi connectivity index (χ0) is 16.4. The van der Waals surface area contributed by atoms with Crippen LogP contribution in [0.25, 0.3) is 0 Å². The van der Waals surface area contributed by atoms with E-state index in [1.54, 1.807) is 0 Å². The summed E-state index contributed by atoms with van der Waals surface area (Å²) in [6.45, 7) is -0.837. The van der Waals surface area contributed by atoms with Crippen LogP contribution in [0.2, 0.25) is 0 Å². The molecule has 12 nitrogen and oxygen atoms in total. The minimum absolute atomic E-state index is 0. The van der Waals surface area contributed by atoms with E-state index in [0.29, 0.717) is 0 Å². The number of aliphatic hydroxyl groups excluding tert-OH is 2. The molecule has 5 atom stereocenters. The molecule has 0 unspecified atom stereocenters. The zero-order valence-corrected chi connectivity index (χ0v) is 18.0. The first-order chi connectivity index (χ1) is 9.48. The fourth-order valence-electron chi connectivity index (χ4n) is 1.72. The topological polar surface area (TPSA) is 192 Å². The van der Waals surface area contributed by atoms with E-state index in [1.807, 2.05) is 0 Å². The first-order valence-electron chi connectivity index (χ1n) is 5.24. The van der Waals surface area contributed by atoms with Crippen molar-refractivity contribution >= 4 is 20.8 Å². The first kappa shape index (κ1) is 26.8. The molecule has 0 aromatic carbocycles. The van der Waals surface area contributed by atoms with Crippen molar-refractivity contribution < 1.29 is 113 Å². The molecule has 2 N–H and O–H groups in total. The molecule has 0 saturated carbocycles. The van der Waals surface area contributed by atoms with Gasteiger partial charge >= 0.3 is 59.1 Å². The monoisotopic (exact) mass is 398 g/mol. The van der Waals surface area contributed by atoms with E-state index in [-0.39, 0.29) is 59.1 Å². The maximum Gasteiger partial charge on any atom is 1.00 e. The Labute approximate surface area is 176 Å². The van der Waals surface area contributed by atoms with Gasteiger partial charge in [-0.25, -0.2) is 16.8 Å². The van der Waals surface area contributed by atoms with Crippen LogP contribution in [-0.2, 0) is 38.6 Å². The van der Waals surface area contributed by atoms with E-state index in [9.17, 15) is 31.0 Å². The fourth-order valence-corrected chi connectivity index (χ4v) is 2.68. The van der Waals surface area contributed by atoms with Gasteiger partial charge in [0, 0.05) is 7.11 Å². The Morgan fingerprint density at radius 3 is 1.83 bits per heavy atom. The molecule has 1 aliphatic rings. The van der Waals surface area contributed by atoms with Gasteiger partial charge in [-0.3, -0.25) is 8.37 Å². The van der Waals surface area contributed by atoms with Crippen LogP contribution in [0.4, 0.5) is 0 Å². The second-order valence-electron chi connectivity index (χ2n) is 3.89. The Bertz CT molecular complexity index is 550. The Morgan fingerprint density at radius 1 is 1.04 bits per heavy atom. The molecule has 1 aliphatic heterocycles. The van der Waals surface area contributed by atoms with Crippen LogP contribution in [0.3, 0.4) is 0 Å². The summed E-state index contributed by atoms with van der Waals surface area (Å²) in [5.41, 5.74) is 0. The largest absolute Gasteiger partial charge is 1.00 e. The van der Waals surface area contributed by atoms with Crippen molar-refractivity contribution in [3.63, 3.8) is 0 Å². The molecule has 0 spiro atoms. The summed E-state index contributed by atoms with van der Waals surface area (Å²) in [5, 5.41) is 18.7. The molecular formula is C7H12Na2O12S2. The average molecular weight is 398 g/mol. The normalized spacial score (nSPS) is 31.8. The molecule has 1 saturated heterocycles. The summed E-state index contributed by atoms with van der Waals surface area (Å²) in [5.74, 6) is 0. The van der Waals surface area contributed by atoms with Crippen molar-refractivity contribution in [1.82, 2.24) is 0 Å². The van der Waals surface area contributed by atoms with Crippen molar-refractivity contribution in [1.29, 1.82) is 0 Å². The molecule has 0 aromatic heterocycles. The Morgan fingerprint density at radius 2 is 1.48 bits per heavy atom. The standard InChI is InChI=1S/C7H14O12S2.2Na/c1-16-7-6(19-21(13,14)15)5(18-20(10,11)12)4(9)3(2-8)17-7;;/h3-9H,2H2,1H3,(H,10,11,12)(H,13,14,15);;/q;2*+1/p-2/t3-,4-,5+,6-,7-;;/m0../s1. The molecule has 0 bridgehead atoms. The summed E-state index contributed by atoms with van der Waals surface area (Å²) in [4.78, 5) is 0. The number of hydrogen-bond acceptors (Lipinski definition) is 12. The van der Waals surface area contributed by atoms with Crippen LogP contribution < -0.4 is 59.1 Å². The first-order valence-corrected chi connectivity index (χ1v) is 7.90. The number of methoxy groups -OCH3 is 1. The summed E-state index contributed by atoms with van der Waals surface area (Å²) >= 11 is 0. The summed E-state index contributed by atoms with van der Waals surface area (Å²) < 4.78 is 81.2. The summed E-state index contributed by atoms with van der Waals surface area (Å²) in [7, 11) is -9.77. The van der Waals surface area contributed by atoms with Crippen LogP contribution in [0.1, 0.15) is 0 Å². The van der Waals surface area contributed by atoms with Gasteiger partial charge in [-0.05, 0) is 0 Å². The third-order valence-corrected chi connectivity index (χ3v) is 3.40. The van der Waals surface area contributed by atoms with Crippen molar-refractivity contribution in [2.75, 3.05) is 13.7 Å². The van der Waals surface area contributed by atoms with Crippen molar-refractivity contribution in [2.45, 2.75) is 30.7 Å². The minimum atomic E-state index is -5.39. The third kappa shape index (κ3) is 8.67. The van der Waals surface area contributed by atoms with Crippen molar-refractivity contribution in [3.8, 4) is 0 Å². The van der Waals surface area contributed by atoms with E-state index in [4.69, 9.17) is 9.84 Å². The molecule has 1 fully saturated rings. The average Bonchev–Trinajstić information content (AvgIpc) is 2.31. The van der Waals surface area contributed by atoms with Crippen LogP contribution >= 0.6 is 0 Å². The van der Waals surface area contributed by atoms with Gasteiger partial charge in [-0.2, -0.15) is 0 Å². The fraction of sp³-hybridized carbons (Fsp3) is 1.00. The molecular weight excluding hydrogens is 386 g/mol. The zero-order valence-electron chi connectivity index (χ0n) is 12.4. The summed E-state index contributed by atoms with van der Waals surface area (Å²) in [6, 6.07) is 0. The maximum absolute atomic E-state index is 10.6. The van der Waals surface area contributed by atoms with E-state index in [2.05, 4.69) is 13.1 Å². The van der Waals surface area contributed by atoms with Gasteiger partial charge in [0.05, 0.1) is 6.61 Å². The summed E-state index contributed by atoms with van der Waals surface area (Å²) in [6.07, 6.45) is -9.33. The van der Waals surface area contributed by atoms with Gasteiger partial charge in [-0.1, -0.05) is 0 Å². The van der Waals surface area contributed by atoms with E-state index in [1.165, 1.54) is 0 Å². The molecule has 1 rings (SSSR count). The van der Waals surface area contributed by atoms with Gasteiger partial charge in [0.2, 0.25) is 20.8 Å². The van der Waals surface area contributed by atoms with Crippen LogP contribution in [0.5, 0.6) is 0 Å². The van der Waals surface area contributed by atoms with Gasteiger partial charge in [0.25, 0.3) is 0 Å². The van der Waals surface area contributed by atoms with Gasteiger partial charge < -0.3 is 28.8 Å². The quantitative estimate of drug-likeness (QED) is 0.244. The molecule has 23 heavy (non-hydrogen) atoms. The van der Waals surface area contributed by atoms with Crippen LogP contribution in [0.15, 0.2) is 0 Å². The Balaban J connectivity index is 0. The molecule has 0 amide bonds. The van der Waals surface area contributed by atoms with E-state index < -0.39 is 58.1 Å². The number of rotatable bonds is 6. The smallest absolute Gasteiger partial charge is 0.726 e. The van der Waals surface area contributed by atoms with Crippen LogP contribution in [0, 0.1) is 0 Å². The van der Waals surface area contributed by atoms with Gasteiger partial charge in [0.1, 0.15) is 18.3 Å². The molecule has 0 radical (unpaired) electrons. The Hall–Kier alpha value is 1.58. The molecule has 0 aromatic rings. The van der Waals surface area contributed by atoms with Crippen molar-refractivity contribution in [2.24, 2.45) is 0 Å². The molecule has 16 heteroatoms. The van der Waals surface area contributed by atoms with Gasteiger partial charge in [-0.15, -0.1) is 0 Å². The minimum Gasteiger partial charge on any atom is -0.726 e.